The molecule has 4 heterocycles. The number of carbonyl (C=O) groups is 1. The Morgan fingerprint density at radius 1 is 1.22 bits per heavy atom. The van der Waals surface area contributed by atoms with E-state index in [1.807, 2.05) is 31.6 Å². The highest BCUT2D eigenvalue weighted by Gasteiger charge is 2.27. The second-order valence-corrected chi connectivity index (χ2v) is 11.7. The lowest BCUT2D eigenvalue weighted by Crippen LogP contribution is -2.36. The van der Waals surface area contributed by atoms with Gasteiger partial charge >= 0.3 is 0 Å². The number of hydrogen-bond donors (Lipinski definition) is 0. The van der Waals surface area contributed by atoms with Gasteiger partial charge in [0, 0.05) is 50.4 Å². The van der Waals surface area contributed by atoms with E-state index in [9.17, 15) is 4.79 Å². The van der Waals surface area contributed by atoms with Crippen molar-refractivity contribution in [2.45, 2.75) is 77.4 Å². The van der Waals surface area contributed by atoms with Crippen molar-refractivity contribution in [3.8, 4) is 0 Å². The number of amides is 1. The molecule has 9 heteroatoms. The van der Waals surface area contributed by atoms with Crippen LogP contribution in [0.4, 0.5) is 5.13 Å². The molecule has 5 rings (SSSR count). The van der Waals surface area contributed by atoms with Gasteiger partial charge < -0.3 is 14.2 Å². The minimum atomic E-state index is -0.151. The molecule has 196 valence electrons. The van der Waals surface area contributed by atoms with E-state index in [-0.39, 0.29) is 12.3 Å². The van der Waals surface area contributed by atoms with Crippen LogP contribution in [-0.4, -0.2) is 66.6 Å². The molecule has 0 unspecified atom stereocenters. The van der Waals surface area contributed by atoms with Gasteiger partial charge in [-0.2, -0.15) is 0 Å². The van der Waals surface area contributed by atoms with Gasteiger partial charge in [-0.1, -0.05) is 5.16 Å². The second kappa shape index (κ2) is 12.0. The van der Waals surface area contributed by atoms with E-state index in [0.29, 0.717) is 17.8 Å². The molecule has 1 amide bonds. The first kappa shape index (κ1) is 25.5. The van der Waals surface area contributed by atoms with Crippen LogP contribution < -0.4 is 4.90 Å². The van der Waals surface area contributed by atoms with Crippen LogP contribution in [-0.2, 0) is 28.9 Å². The highest BCUT2D eigenvalue weighted by Crippen LogP contribution is 2.34. The Hall–Kier alpha value is -2.10. The highest BCUT2D eigenvalue weighted by molar-refractivity contribution is 7.15. The van der Waals surface area contributed by atoms with E-state index in [1.54, 1.807) is 6.07 Å². The van der Waals surface area contributed by atoms with Gasteiger partial charge in [-0.25, -0.2) is 9.98 Å². The summed E-state index contributed by atoms with van der Waals surface area (Å²) in [5.41, 5.74) is 2.10. The van der Waals surface area contributed by atoms with E-state index < -0.39 is 0 Å². The molecule has 3 aliphatic rings. The Bertz CT molecular complexity index is 1030. The van der Waals surface area contributed by atoms with Crippen molar-refractivity contribution in [3.05, 3.63) is 28.1 Å². The molecule has 1 saturated heterocycles. The predicted octanol–water partition coefficient (Wildman–Crippen LogP) is 4.45. The smallest absolute Gasteiger partial charge is 0.253 e. The summed E-state index contributed by atoms with van der Waals surface area (Å²) in [4.78, 5) is 27.9. The first-order chi connectivity index (χ1) is 17.6. The third-order valence-electron chi connectivity index (χ3n) is 8.02. The molecule has 1 saturated carbocycles. The molecule has 2 fully saturated rings. The average Bonchev–Trinajstić information content (AvgIpc) is 3.52. The Labute approximate surface area is 218 Å². The van der Waals surface area contributed by atoms with Crippen molar-refractivity contribution in [1.82, 2.24) is 15.0 Å². The number of aliphatic imine (C=N–C) groups is 1. The molecule has 2 aliphatic heterocycles. The molecule has 36 heavy (non-hydrogen) atoms. The summed E-state index contributed by atoms with van der Waals surface area (Å²) in [5.74, 6) is 1.63. The van der Waals surface area contributed by atoms with Crippen LogP contribution in [0.25, 0.3) is 0 Å². The summed E-state index contributed by atoms with van der Waals surface area (Å²) in [6, 6.07) is 1.79. The minimum Gasteiger partial charge on any atom is -0.381 e. The lowest BCUT2D eigenvalue weighted by Gasteiger charge is -2.31. The van der Waals surface area contributed by atoms with Gasteiger partial charge in [-0.3, -0.25) is 9.69 Å². The van der Waals surface area contributed by atoms with Gasteiger partial charge in [0.25, 0.3) is 5.91 Å². The number of fused-ring (bicyclic) bond motifs is 1. The van der Waals surface area contributed by atoms with Crippen LogP contribution in [0.3, 0.4) is 0 Å². The predicted molar refractivity (Wildman–Crippen MR) is 142 cm³/mol. The Morgan fingerprint density at radius 2 is 2.03 bits per heavy atom. The second-order valence-electron chi connectivity index (χ2n) is 10.7. The van der Waals surface area contributed by atoms with E-state index in [0.717, 1.165) is 76.4 Å². The quantitative estimate of drug-likeness (QED) is 0.482. The fraction of sp³-hybridized carbons (Fsp3) is 0.704. The largest absolute Gasteiger partial charge is 0.381 e. The van der Waals surface area contributed by atoms with E-state index >= 15 is 0 Å². The normalized spacial score (nSPS) is 23.9. The van der Waals surface area contributed by atoms with Crippen molar-refractivity contribution >= 4 is 28.6 Å². The van der Waals surface area contributed by atoms with Gasteiger partial charge in [0.2, 0.25) is 0 Å². The standard InChI is InChI=1S/C27H39N5O3S/c1-19-15-23(35-30-19)16-26(33)28-17-21-5-3-20(4-6-21)7-11-31-12-10-25-24(18-31)29-27(36-25)32-13-8-22(34-2)9-14-32/h15,17,20-22H,3-14,16,18H2,1-2H3. The third kappa shape index (κ3) is 6.61. The number of thiazole rings is 1. The summed E-state index contributed by atoms with van der Waals surface area (Å²) in [6.45, 7) is 7.26. The zero-order chi connectivity index (χ0) is 24.9. The van der Waals surface area contributed by atoms with Gasteiger partial charge in [-0.05, 0) is 76.7 Å². The lowest BCUT2D eigenvalue weighted by atomic mass is 9.81. The number of aromatic nitrogens is 2. The number of ether oxygens (including phenoxy) is 1. The monoisotopic (exact) mass is 513 g/mol. The molecule has 2 aromatic rings. The molecule has 0 atom stereocenters. The minimum absolute atomic E-state index is 0.151. The lowest BCUT2D eigenvalue weighted by molar-refractivity contribution is -0.117. The highest BCUT2D eigenvalue weighted by atomic mass is 32.1. The van der Waals surface area contributed by atoms with Crippen molar-refractivity contribution in [2.24, 2.45) is 16.8 Å². The van der Waals surface area contributed by atoms with Crippen LogP contribution in [0, 0.1) is 18.8 Å². The van der Waals surface area contributed by atoms with Crippen LogP contribution in [0.15, 0.2) is 15.6 Å². The number of methoxy groups -OCH3 is 1. The summed E-state index contributed by atoms with van der Waals surface area (Å²) >= 11 is 1.91. The van der Waals surface area contributed by atoms with E-state index in [1.165, 1.54) is 35.0 Å². The van der Waals surface area contributed by atoms with E-state index in [2.05, 4.69) is 19.9 Å². The number of carbonyl (C=O) groups excluding carboxylic acids is 1. The van der Waals surface area contributed by atoms with Gasteiger partial charge in [0.1, 0.15) is 5.76 Å². The van der Waals surface area contributed by atoms with Crippen molar-refractivity contribution in [2.75, 3.05) is 38.2 Å². The Kier molecular flexibility index (Phi) is 8.49. The van der Waals surface area contributed by atoms with Gasteiger partial charge in [0.05, 0.1) is 23.9 Å². The number of aryl methyl sites for hydroxylation is 1. The Balaban J connectivity index is 1.02. The number of nitrogens with zero attached hydrogens (tertiary/aromatic N) is 5. The summed E-state index contributed by atoms with van der Waals surface area (Å²) < 4.78 is 10.6. The zero-order valence-corrected chi connectivity index (χ0v) is 22.5. The van der Waals surface area contributed by atoms with Crippen molar-refractivity contribution in [3.63, 3.8) is 0 Å². The summed E-state index contributed by atoms with van der Waals surface area (Å²) in [7, 11) is 1.82. The topological polar surface area (TPSA) is 84.1 Å². The third-order valence-corrected chi connectivity index (χ3v) is 9.24. The maximum absolute atomic E-state index is 12.1. The number of hydrogen-bond acceptors (Lipinski definition) is 8. The fourth-order valence-corrected chi connectivity index (χ4v) is 6.83. The molecule has 0 radical (unpaired) electrons. The van der Waals surface area contributed by atoms with Crippen LogP contribution in [0.5, 0.6) is 0 Å². The molecule has 0 bridgehead atoms. The molecule has 0 N–H and O–H groups in total. The maximum Gasteiger partial charge on any atom is 0.253 e. The first-order valence-electron chi connectivity index (χ1n) is 13.5. The summed E-state index contributed by atoms with van der Waals surface area (Å²) in [5, 5.41) is 5.04. The van der Waals surface area contributed by atoms with E-state index in [4.69, 9.17) is 14.2 Å². The zero-order valence-electron chi connectivity index (χ0n) is 21.7. The molecule has 1 aliphatic carbocycles. The van der Waals surface area contributed by atoms with Gasteiger partial charge in [0.15, 0.2) is 5.13 Å². The maximum atomic E-state index is 12.1. The van der Waals surface area contributed by atoms with Gasteiger partial charge in [-0.15, -0.1) is 11.3 Å². The molecule has 0 spiro atoms. The molecule has 8 nitrogen and oxygen atoms in total. The molecular weight excluding hydrogens is 474 g/mol. The number of piperidine rings is 1. The van der Waals surface area contributed by atoms with Crippen molar-refractivity contribution in [1.29, 1.82) is 0 Å². The van der Waals surface area contributed by atoms with Crippen molar-refractivity contribution < 1.29 is 14.1 Å². The molecule has 0 aromatic carbocycles. The molecular formula is C27H39N5O3S. The first-order valence-corrected chi connectivity index (χ1v) is 14.3. The van der Waals surface area contributed by atoms with Crippen LogP contribution in [0.1, 0.15) is 67.0 Å². The molecule has 2 aromatic heterocycles. The Morgan fingerprint density at radius 3 is 2.75 bits per heavy atom. The number of rotatable bonds is 8. The number of anilines is 1. The average molecular weight is 514 g/mol. The van der Waals surface area contributed by atoms with Crippen LogP contribution in [0.2, 0.25) is 0 Å². The summed E-state index contributed by atoms with van der Waals surface area (Å²) in [6.07, 6.45) is 11.8. The van der Waals surface area contributed by atoms with Crippen LogP contribution >= 0.6 is 11.3 Å². The fourth-order valence-electron chi connectivity index (χ4n) is 5.72. The SMILES string of the molecule is COC1CCN(c2nc3c(s2)CCN(CCC2CCC(C=NC(=O)Cc4cc(C)no4)CC2)C3)CC1.